The van der Waals surface area contributed by atoms with Gasteiger partial charge < -0.3 is 10.1 Å². The van der Waals surface area contributed by atoms with E-state index in [1.807, 2.05) is 18.4 Å². The molecule has 1 N–H and O–H groups in total. The van der Waals surface area contributed by atoms with E-state index < -0.39 is 10.0 Å². The number of carbonyl (C=O) groups is 1. The number of ether oxygens (including phenoxy) is 1. The number of amides is 1. The Bertz CT molecular complexity index is 819. The van der Waals surface area contributed by atoms with Gasteiger partial charge in [0, 0.05) is 18.0 Å². The Kier molecular flexibility index (Phi) is 5.36. The van der Waals surface area contributed by atoms with E-state index in [1.165, 1.54) is 27.0 Å². The topological polar surface area (TPSA) is 75.7 Å². The Labute approximate surface area is 149 Å². The van der Waals surface area contributed by atoms with Crippen molar-refractivity contribution < 1.29 is 17.9 Å². The molecule has 2 aromatic rings. The van der Waals surface area contributed by atoms with E-state index in [9.17, 15) is 13.2 Å². The second-order valence-corrected chi connectivity index (χ2v) is 9.60. The first-order valence-electron chi connectivity index (χ1n) is 7.47. The molecule has 0 spiro atoms. The van der Waals surface area contributed by atoms with Gasteiger partial charge in [0.2, 0.25) is 0 Å². The van der Waals surface area contributed by atoms with Crippen molar-refractivity contribution in [1.82, 2.24) is 9.62 Å². The fraction of sp³-hybridized carbons (Fsp3) is 0.400. The largest absolute Gasteiger partial charge is 0.379 e. The summed E-state index contributed by atoms with van der Waals surface area (Å²) < 4.78 is 32.1. The minimum absolute atomic E-state index is 0.131. The molecule has 1 aliphatic heterocycles. The lowest BCUT2D eigenvalue weighted by Gasteiger charge is -2.25. The van der Waals surface area contributed by atoms with E-state index in [4.69, 9.17) is 4.74 Å². The van der Waals surface area contributed by atoms with Crippen molar-refractivity contribution in [2.75, 3.05) is 26.3 Å². The van der Waals surface area contributed by atoms with Crippen LogP contribution in [0.5, 0.6) is 0 Å². The van der Waals surface area contributed by atoms with Gasteiger partial charge in [0.05, 0.1) is 24.6 Å². The highest BCUT2D eigenvalue weighted by Crippen LogP contribution is 2.25. The number of sulfonamides is 1. The molecule has 0 aliphatic carbocycles. The lowest BCUT2D eigenvalue weighted by molar-refractivity contribution is 0.0731. The van der Waals surface area contributed by atoms with Gasteiger partial charge in [-0.05, 0) is 36.1 Å². The molecule has 1 aliphatic rings. The highest BCUT2D eigenvalue weighted by molar-refractivity contribution is 7.91. The molecule has 0 aromatic carbocycles. The van der Waals surface area contributed by atoms with E-state index in [0.717, 1.165) is 10.4 Å². The standard InChI is InChI=1S/C15H18N2O4S3/c1-11-4-9-22-14(11)15(18)16-10-12-2-3-13(23-12)24(19,20)17-5-7-21-8-6-17/h2-4,9H,5-8,10H2,1H3,(H,16,18). The maximum Gasteiger partial charge on any atom is 0.261 e. The molecule has 130 valence electrons. The van der Waals surface area contributed by atoms with Crippen LogP contribution in [0.25, 0.3) is 0 Å². The van der Waals surface area contributed by atoms with Crippen LogP contribution in [-0.2, 0) is 21.3 Å². The normalized spacial score (nSPS) is 16.2. The zero-order valence-corrected chi connectivity index (χ0v) is 15.6. The molecule has 1 amide bonds. The first-order chi connectivity index (χ1) is 11.5. The van der Waals surface area contributed by atoms with Gasteiger partial charge in [0.1, 0.15) is 4.21 Å². The molecule has 0 bridgehead atoms. The number of aryl methyl sites for hydroxylation is 1. The number of nitrogens with zero attached hydrogens (tertiary/aromatic N) is 1. The molecule has 6 nitrogen and oxygen atoms in total. The van der Waals surface area contributed by atoms with Crippen LogP contribution < -0.4 is 5.32 Å². The molecule has 24 heavy (non-hydrogen) atoms. The quantitative estimate of drug-likeness (QED) is 0.854. The van der Waals surface area contributed by atoms with Gasteiger partial charge in [-0.3, -0.25) is 4.79 Å². The molecule has 9 heteroatoms. The lowest BCUT2D eigenvalue weighted by atomic mass is 10.3. The molecule has 3 rings (SSSR count). The van der Waals surface area contributed by atoms with E-state index in [2.05, 4.69) is 5.32 Å². The fourth-order valence-electron chi connectivity index (χ4n) is 2.36. The molecule has 1 fully saturated rings. The Hall–Kier alpha value is -1.26. The Balaban J connectivity index is 1.65. The molecular weight excluding hydrogens is 368 g/mol. The third kappa shape index (κ3) is 3.70. The maximum absolute atomic E-state index is 12.6. The summed E-state index contributed by atoms with van der Waals surface area (Å²) in [6, 6.07) is 5.25. The summed E-state index contributed by atoms with van der Waals surface area (Å²) in [4.78, 5) is 13.6. The average Bonchev–Trinajstić information content (AvgIpc) is 3.23. The lowest BCUT2D eigenvalue weighted by Crippen LogP contribution is -2.40. The van der Waals surface area contributed by atoms with Gasteiger partial charge in [0.15, 0.2) is 0 Å². The van der Waals surface area contributed by atoms with Gasteiger partial charge >= 0.3 is 0 Å². The number of carbonyl (C=O) groups excluding carboxylic acids is 1. The fourth-order valence-corrected chi connectivity index (χ4v) is 6.06. The van der Waals surface area contributed by atoms with Crippen molar-refractivity contribution in [1.29, 1.82) is 0 Å². The molecule has 3 heterocycles. The molecule has 2 aromatic heterocycles. The predicted octanol–water partition coefficient (Wildman–Crippen LogP) is 2.07. The van der Waals surface area contributed by atoms with Crippen molar-refractivity contribution in [2.24, 2.45) is 0 Å². The second kappa shape index (κ2) is 7.32. The predicted molar refractivity (Wildman–Crippen MR) is 94.1 cm³/mol. The smallest absolute Gasteiger partial charge is 0.261 e. The Morgan fingerprint density at radius 3 is 2.71 bits per heavy atom. The summed E-state index contributed by atoms with van der Waals surface area (Å²) in [6.45, 7) is 3.82. The van der Waals surface area contributed by atoms with Crippen LogP contribution in [0.2, 0.25) is 0 Å². The number of nitrogens with one attached hydrogen (secondary N) is 1. The van der Waals surface area contributed by atoms with E-state index in [1.54, 1.807) is 12.1 Å². The van der Waals surface area contributed by atoms with Crippen LogP contribution in [0, 0.1) is 6.92 Å². The molecule has 0 unspecified atom stereocenters. The summed E-state index contributed by atoms with van der Waals surface area (Å²) in [7, 11) is -3.47. The molecular formula is C15H18N2O4S3. The van der Waals surface area contributed by atoms with Crippen LogP contribution in [-0.4, -0.2) is 44.9 Å². The van der Waals surface area contributed by atoms with E-state index in [-0.39, 0.29) is 5.91 Å². The Morgan fingerprint density at radius 2 is 2.04 bits per heavy atom. The molecule has 0 atom stereocenters. The zero-order valence-electron chi connectivity index (χ0n) is 13.1. The number of hydrogen-bond acceptors (Lipinski definition) is 6. The minimum Gasteiger partial charge on any atom is -0.379 e. The van der Waals surface area contributed by atoms with Gasteiger partial charge in [-0.15, -0.1) is 22.7 Å². The summed E-state index contributed by atoms with van der Waals surface area (Å²) >= 11 is 2.59. The summed E-state index contributed by atoms with van der Waals surface area (Å²) in [6.07, 6.45) is 0. The van der Waals surface area contributed by atoms with Crippen LogP contribution in [0.3, 0.4) is 0 Å². The van der Waals surface area contributed by atoms with Crippen LogP contribution in [0.15, 0.2) is 27.8 Å². The SMILES string of the molecule is Cc1ccsc1C(=O)NCc1ccc(S(=O)(=O)N2CCOCC2)s1. The second-order valence-electron chi connectivity index (χ2n) is 5.35. The maximum atomic E-state index is 12.6. The number of rotatable bonds is 5. The molecule has 1 saturated heterocycles. The van der Waals surface area contributed by atoms with Crippen molar-refractivity contribution in [3.63, 3.8) is 0 Å². The van der Waals surface area contributed by atoms with E-state index >= 15 is 0 Å². The minimum atomic E-state index is -3.47. The third-order valence-electron chi connectivity index (χ3n) is 3.69. The third-order valence-corrected chi connectivity index (χ3v) is 8.16. The van der Waals surface area contributed by atoms with Crippen LogP contribution >= 0.6 is 22.7 Å². The molecule has 0 radical (unpaired) electrons. The number of hydrogen-bond donors (Lipinski definition) is 1. The number of morpholine rings is 1. The van der Waals surface area contributed by atoms with Gasteiger partial charge in [-0.25, -0.2) is 8.42 Å². The first kappa shape index (κ1) is 17.6. The Morgan fingerprint density at radius 1 is 1.29 bits per heavy atom. The highest BCUT2D eigenvalue weighted by atomic mass is 32.2. The van der Waals surface area contributed by atoms with Gasteiger partial charge in [-0.2, -0.15) is 4.31 Å². The molecule has 0 saturated carbocycles. The first-order valence-corrected chi connectivity index (χ1v) is 10.6. The van der Waals surface area contributed by atoms with Crippen molar-refractivity contribution >= 4 is 38.6 Å². The average molecular weight is 387 g/mol. The van der Waals surface area contributed by atoms with Crippen molar-refractivity contribution in [3.8, 4) is 0 Å². The van der Waals surface area contributed by atoms with Gasteiger partial charge in [-0.1, -0.05) is 0 Å². The van der Waals surface area contributed by atoms with Crippen molar-refractivity contribution in [2.45, 2.75) is 17.7 Å². The number of thiophene rings is 2. The summed E-state index contributed by atoms with van der Waals surface area (Å²) in [5.74, 6) is -0.131. The van der Waals surface area contributed by atoms with Gasteiger partial charge in [0.25, 0.3) is 15.9 Å². The zero-order chi connectivity index (χ0) is 17.2. The van der Waals surface area contributed by atoms with Crippen molar-refractivity contribution in [3.05, 3.63) is 38.9 Å². The van der Waals surface area contributed by atoms with Crippen LogP contribution in [0.4, 0.5) is 0 Å². The highest BCUT2D eigenvalue weighted by Gasteiger charge is 2.27. The van der Waals surface area contributed by atoms with E-state index in [0.29, 0.717) is 41.9 Å². The monoisotopic (exact) mass is 386 g/mol. The summed E-state index contributed by atoms with van der Waals surface area (Å²) in [5.41, 5.74) is 0.944. The van der Waals surface area contributed by atoms with Crippen LogP contribution in [0.1, 0.15) is 20.1 Å². The summed E-state index contributed by atoms with van der Waals surface area (Å²) in [5, 5.41) is 4.72.